The zero-order chi connectivity index (χ0) is 19.6. The third-order valence-corrected chi connectivity index (χ3v) is 6.87. The standard InChI is InChI=1S/C16H24ClNO6S2/c1-16(2,3)18-26(21,22)15-10-13(25(17,19)20)4-5-14(15)24-11-12-6-8-23-9-7-12/h4-5,10,12,18H,6-9,11H2,1-3H3. The van der Waals surface area contributed by atoms with Gasteiger partial charge < -0.3 is 9.47 Å². The van der Waals surface area contributed by atoms with Gasteiger partial charge in [0.25, 0.3) is 9.05 Å². The van der Waals surface area contributed by atoms with Gasteiger partial charge in [-0.15, -0.1) is 0 Å². The first-order valence-corrected chi connectivity index (χ1v) is 12.0. The second-order valence-corrected chi connectivity index (χ2v) is 11.5. The summed E-state index contributed by atoms with van der Waals surface area (Å²) in [6.07, 6.45) is 1.66. The first-order chi connectivity index (χ1) is 11.9. The topological polar surface area (TPSA) is 98.8 Å². The Kier molecular flexibility index (Phi) is 6.61. The summed E-state index contributed by atoms with van der Waals surface area (Å²) in [5, 5.41) is 0. The number of hydrogen-bond donors (Lipinski definition) is 1. The Hall–Kier alpha value is -0.870. The van der Waals surface area contributed by atoms with E-state index in [0.717, 1.165) is 18.9 Å². The molecule has 2 rings (SSSR count). The Morgan fingerprint density at radius 3 is 2.35 bits per heavy atom. The second-order valence-electron chi connectivity index (χ2n) is 7.27. The van der Waals surface area contributed by atoms with Crippen LogP contribution in [0.1, 0.15) is 33.6 Å². The van der Waals surface area contributed by atoms with E-state index in [1.165, 1.54) is 12.1 Å². The van der Waals surface area contributed by atoms with Gasteiger partial charge in [-0.2, -0.15) is 0 Å². The predicted octanol–water partition coefficient (Wildman–Crippen LogP) is 2.50. The van der Waals surface area contributed by atoms with Gasteiger partial charge in [-0.25, -0.2) is 21.6 Å². The number of ether oxygens (including phenoxy) is 2. The lowest BCUT2D eigenvalue weighted by Gasteiger charge is -2.24. The van der Waals surface area contributed by atoms with Crippen molar-refractivity contribution in [3.8, 4) is 5.75 Å². The molecule has 1 heterocycles. The van der Waals surface area contributed by atoms with E-state index in [1.54, 1.807) is 20.8 Å². The van der Waals surface area contributed by atoms with Crippen LogP contribution in [-0.4, -0.2) is 42.2 Å². The molecule has 0 amide bonds. The number of rotatable bonds is 6. The minimum Gasteiger partial charge on any atom is -0.492 e. The molecule has 0 aromatic heterocycles. The first kappa shape index (κ1) is 21.4. The largest absolute Gasteiger partial charge is 0.492 e. The Morgan fingerprint density at radius 1 is 1.19 bits per heavy atom. The summed E-state index contributed by atoms with van der Waals surface area (Å²) < 4.78 is 62.2. The molecule has 0 atom stereocenters. The molecule has 1 aromatic rings. The van der Waals surface area contributed by atoms with Crippen LogP contribution in [0.3, 0.4) is 0 Å². The van der Waals surface area contributed by atoms with Crippen molar-refractivity contribution >= 4 is 29.8 Å². The molecule has 1 saturated heterocycles. The lowest BCUT2D eigenvalue weighted by Crippen LogP contribution is -2.40. The molecule has 0 radical (unpaired) electrons. The summed E-state index contributed by atoms with van der Waals surface area (Å²) in [5.41, 5.74) is -0.743. The van der Waals surface area contributed by atoms with E-state index in [2.05, 4.69) is 4.72 Å². The molecule has 1 aromatic carbocycles. The number of halogens is 1. The first-order valence-electron chi connectivity index (χ1n) is 8.22. The van der Waals surface area contributed by atoms with Crippen molar-refractivity contribution in [3.63, 3.8) is 0 Å². The van der Waals surface area contributed by atoms with Gasteiger partial charge in [0.05, 0.1) is 11.5 Å². The van der Waals surface area contributed by atoms with Crippen molar-refractivity contribution in [1.82, 2.24) is 4.72 Å². The zero-order valence-electron chi connectivity index (χ0n) is 15.0. The molecule has 1 N–H and O–H groups in total. The third-order valence-electron chi connectivity index (χ3n) is 3.74. The smallest absolute Gasteiger partial charge is 0.261 e. The van der Waals surface area contributed by atoms with Crippen LogP contribution in [0.2, 0.25) is 0 Å². The highest BCUT2D eigenvalue weighted by Gasteiger charge is 2.28. The van der Waals surface area contributed by atoms with Gasteiger partial charge >= 0.3 is 0 Å². The van der Waals surface area contributed by atoms with E-state index in [0.29, 0.717) is 19.8 Å². The van der Waals surface area contributed by atoms with Crippen LogP contribution in [0.25, 0.3) is 0 Å². The Labute approximate surface area is 159 Å². The van der Waals surface area contributed by atoms with Crippen LogP contribution in [0.4, 0.5) is 0 Å². The molecule has 0 spiro atoms. The molecule has 1 aliphatic heterocycles. The highest BCUT2D eigenvalue weighted by Crippen LogP contribution is 2.30. The fraction of sp³-hybridized carbons (Fsp3) is 0.625. The summed E-state index contributed by atoms with van der Waals surface area (Å²) in [4.78, 5) is -0.548. The van der Waals surface area contributed by atoms with E-state index in [4.69, 9.17) is 20.2 Å². The highest BCUT2D eigenvalue weighted by atomic mass is 35.7. The van der Waals surface area contributed by atoms with Gasteiger partial charge in [0.1, 0.15) is 10.6 Å². The van der Waals surface area contributed by atoms with E-state index in [9.17, 15) is 16.8 Å². The van der Waals surface area contributed by atoms with Gasteiger partial charge in [0.2, 0.25) is 10.0 Å². The summed E-state index contributed by atoms with van der Waals surface area (Å²) >= 11 is 0. The summed E-state index contributed by atoms with van der Waals surface area (Å²) in [6, 6.07) is 3.58. The van der Waals surface area contributed by atoms with Crippen LogP contribution >= 0.6 is 10.7 Å². The van der Waals surface area contributed by atoms with E-state index >= 15 is 0 Å². The summed E-state index contributed by atoms with van der Waals surface area (Å²) in [5.74, 6) is 0.351. The molecular formula is C16H24ClNO6S2. The normalized spacial score (nSPS) is 17.2. The average molecular weight is 426 g/mol. The van der Waals surface area contributed by atoms with Gasteiger partial charge in [-0.3, -0.25) is 0 Å². The zero-order valence-corrected chi connectivity index (χ0v) is 17.4. The molecule has 0 unspecified atom stereocenters. The minimum absolute atomic E-state index is 0.0947. The fourth-order valence-corrected chi connectivity index (χ4v) is 4.99. The average Bonchev–Trinajstić information content (AvgIpc) is 2.50. The van der Waals surface area contributed by atoms with Gasteiger partial charge in [-0.05, 0) is 57.7 Å². The predicted molar refractivity (Wildman–Crippen MR) is 98.6 cm³/mol. The SMILES string of the molecule is CC(C)(C)NS(=O)(=O)c1cc(S(=O)(=O)Cl)ccc1OCC1CCOCC1. The monoisotopic (exact) mass is 425 g/mol. The van der Waals surface area contributed by atoms with Gasteiger partial charge in [0, 0.05) is 29.4 Å². The lowest BCUT2D eigenvalue weighted by molar-refractivity contribution is 0.0493. The molecule has 0 bridgehead atoms. The molecule has 1 fully saturated rings. The Bertz CT molecular complexity index is 840. The second kappa shape index (κ2) is 8.02. The molecule has 7 nitrogen and oxygen atoms in total. The van der Waals surface area contributed by atoms with E-state index in [1.807, 2.05) is 0 Å². The molecule has 148 valence electrons. The number of nitrogens with one attached hydrogen (secondary N) is 1. The number of hydrogen-bond acceptors (Lipinski definition) is 6. The van der Waals surface area contributed by atoms with Crippen molar-refractivity contribution in [2.75, 3.05) is 19.8 Å². The van der Waals surface area contributed by atoms with Crippen LogP contribution in [0, 0.1) is 5.92 Å². The molecule has 10 heteroatoms. The fourth-order valence-electron chi connectivity index (χ4n) is 2.55. The number of sulfonamides is 1. The summed E-state index contributed by atoms with van der Waals surface area (Å²) in [7, 11) is -2.71. The van der Waals surface area contributed by atoms with Crippen LogP contribution in [0.5, 0.6) is 5.75 Å². The Morgan fingerprint density at radius 2 is 1.81 bits per heavy atom. The van der Waals surface area contributed by atoms with Crippen molar-refractivity contribution in [3.05, 3.63) is 18.2 Å². The maximum Gasteiger partial charge on any atom is 0.261 e. The molecule has 26 heavy (non-hydrogen) atoms. The van der Waals surface area contributed by atoms with Crippen molar-refractivity contribution < 1.29 is 26.3 Å². The summed E-state index contributed by atoms with van der Waals surface area (Å²) in [6.45, 7) is 6.69. The maximum absolute atomic E-state index is 12.7. The van der Waals surface area contributed by atoms with Crippen LogP contribution < -0.4 is 9.46 Å². The minimum atomic E-state index is -4.07. The van der Waals surface area contributed by atoms with E-state index in [-0.39, 0.29) is 21.5 Å². The third kappa shape index (κ3) is 6.09. The van der Waals surface area contributed by atoms with Crippen LogP contribution in [0.15, 0.2) is 28.0 Å². The maximum atomic E-state index is 12.7. The lowest BCUT2D eigenvalue weighted by atomic mass is 10.0. The Balaban J connectivity index is 2.37. The quantitative estimate of drug-likeness (QED) is 0.703. The van der Waals surface area contributed by atoms with Crippen molar-refractivity contribution in [1.29, 1.82) is 0 Å². The molecule has 0 saturated carbocycles. The number of benzene rings is 1. The van der Waals surface area contributed by atoms with Gasteiger partial charge in [-0.1, -0.05) is 0 Å². The molecular weight excluding hydrogens is 402 g/mol. The molecule has 1 aliphatic rings. The van der Waals surface area contributed by atoms with Gasteiger partial charge in [0.15, 0.2) is 0 Å². The van der Waals surface area contributed by atoms with Crippen molar-refractivity contribution in [2.24, 2.45) is 5.92 Å². The van der Waals surface area contributed by atoms with Crippen molar-refractivity contribution in [2.45, 2.75) is 48.9 Å². The molecule has 0 aliphatic carbocycles. The van der Waals surface area contributed by atoms with E-state index < -0.39 is 24.6 Å². The van der Waals surface area contributed by atoms with Crippen LogP contribution in [-0.2, 0) is 23.8 Å². The highest BCUT2D eigenvalue weighted by molar-refractivity contribution is 8.13.